The molecule has 3 atom stereocenters. The Hall–Kier alpha value is -0.980. The van der Waals surface area contributed by atoms with E-state index in [1.807, 2.05) is 0 Å². The zero-order chi connectivity index (χ0) is 19.1. The summed E-state index contributed by atoms with van der Waals surface area (Å²) in [5, 5.41) is 3.19. The summed E-state index contributed by atoms with van der Waals surface area (Å²) >= 11 is -1.04. The van der Waals surface area contributed by atoms with E-state index in [0.29, 0.717) is 3.67 Å². The molecule has 0 saturated carbocycles. The molecule has 0 aromatic heterocycles. The predicted molar refractivity (Wildman–Crippen MR) is 119 cm³/mol. The molecule has 0 saturated heterocycles. The first-order valence-corrected chi connectivity index (χ1v) is 15.0. The van der Waals surface area contributed by atoms with Crippen LogP contribution in [0.5, 0.6) is 0 Å². The smallest absolute Gasteiger partial charge is 1.00 e. The standard InChI is InChI=1S/C16H14P.C10H9.2ClH.Hf/c1-12-6-2-5-9-16(12)17-15-10-13-7-3-4-8-14(13)11-15;1-8-6-9-4-2-3-5-10(9)7-8;;;/h2-11,17H,1H3;2-7H,1H3;2*1H;/q;;;;+2/p-2. The van der Waals surface area contributed by atoms with Crippen LogP contribution in [-0.4, -0.2) is 0 Å². The molecule has 0 nitrogen and oxygen atoms in total. The summed E-state index contributed by atoms with van der Waals surface area (Å²) in [6.07, 6.45) is 4.94. The minimum atomic E-state index is -1.04. The topological polar surface area (TPSA) is 0 Å². The average molecular weight is 616 g/mol. The minimum absolute atomic E-state index is 0. The molecule has 3 unspecified atom stereocenters. The molecule has 3 aromatic rings. The van der Waals surface area contributed by atoms with Gasteiger partial charge < -0.3 is 24.8 Å². The molecule has 0 fully saturated rings. The van der Waals surface area contributed by atoms with Gasteiger partial charge in [-0.2, -0.15) is 0 Å². The number of allylic oxidation sites excluding steroid dienone is 2. The first-order valence-electron chi connectivity index (χ1n) is 9.87. The molecule has 4 heteroatoms. The van der Waals surface area contributed by atoms with Gasteiger partial charge in [-0.05, 0) is 0 Å². The summed E-state index contributed by atoms with van der Waals surface area (Å²) in [6.45, 7) is 4.60. The number of hydrogen-bond acceptors (Lipinski definition) is 0. The van der Waals surface area contributed by atoms with Gasteiger partial charge in [-0.25, -0.2) is 0 Å². The Kier molecular flexibility index (Phi) is 7.97. The van der Waals surface area contributed by atoms with Crippen LogP contribution in [0.1, 0.15) is 42.1 Å². The van der Waals surface area contributed by atoms with Crippen molar-refractivity contribution in [3.8, 4) is 0 Å². The Morgan fingerprint density at radius 1 is 0.667 bits per heavy atom. The van der Waals surface area contributed by atoms with Crippen LogP contribution >= 0.6 is 8.58 Å². The van der Waals surface area contributed by atoms with Crippen molar-refractivity contribution < 1.29 is 47.7 Å². The molecule has 0 radical (unpaired) electrons. The zero-order valence-corrected chi connectivity index (χ0v) is 23.1. The molecule has 150 valence electrons. The van der Waals surface area contributed by atoms with Gasteiger partial charge in [-0.15, -0.1) is 0 Å². The van der Waals surface area contributed by atoms with E-state index in [0.717, 1.165) is 12.3 Å². The van der Waals surface area contributed by atoms with E-state index in [-0.39, 0.29) is 24.8 Å². The summed E-state index contributed by atoms with van der Waals surface area (Å²) in [7, 11) is 0.792. The van der Waals surface area contributed by atoms with Crippen LogP contribution in [0.15, 0.2) is 83.7 Å². The fourth-order valence-electron chi connectivity index (χ4n) is 4.35. The maximum atomic E-state index is 2.51. The second kappa shape index (κ2) is 10.1. The van der Waals surface area contributed by atoms with E-state index in [4.69, 9.17) is 0 Å². The van der Waals surface area contributed by atoms with Gasteiger partial charge in [-0.3, -0.25) is 0 Å². The van der Waals surface area contributed by atoms with E-state index in [2.05, 4.69) is 98.8 Å². The fraction of sp³-hybridized carbons (Fsp3) is 0.154. The SMILES string of the molecule is CC1=Cc2ccccc2[CH]1[Hf+2][CH]1C(Pc2ccccc2C)=Cc2ccccc21.[Cl-].[Cl-]. The number of rotatable bonds is 4. The maximum absolute atomic E-state index is 2.51. The van der Waals surface area contributed by atoms with Gasteiger partial charge in [0.05, 0.1) is 0 Å². The van der Waals surface area contributed by atoms with Crippen LogP contribution in [0.3, 0.4) is 0 Å². The van der Waals surface area contributed by atoms with Crippen LogP contribution in [0.4, 0.5) is 0 Å². The third-order valence-electron chi connectivity index (χ3n) is 5.83. The minimum Gasteiger partial charge on any atom is -1.00 e. The molecule has 0 bridgehead atoms. The molecular formula is C26H23Cl2HfP. The van der Waals surface area contributed by atoms with Crippen molar-refractivity contribution in [3.63, 3.8) is 0 Å². The van der Waals surface area contributed by atoms with E-state index in [1.54, 1.807) is 22.0 Å². The number of hydrogen-bond donors (Lipinski definition) is 0. The summed E-state index contributed by atoms with van der Waals surface area (Å²) < 4.78 is 1.42. The summed E-state index contributed by atoms with van der Waals surface area (Å²) in [4.78, 5) is 0. The van der Waals surface area contributed by atoms with Gasteiger partial charge in [0.1, 0.15) is 0 Å². The first-order chi connectivity index (χ1) is 13.7. The van der Waals surface area contributed by atoms with Crippen LogP contribution in [0.2, 0.25) is 0 Å². The quantitative estimate of drug-likeness (QED) is 0.299. The first kappa shape index (κ1) is 23.7. The Bertz CT molecular complexity index is 1120. The summed E-state index contributed by atoms with van der Waals surface area (Å²) in [5.74, 6) is 0. The van der Waals surface area contributed by atoms with Gasteiger partial charge in [0.25, 0.3) is 0 Å². The molecule has 5 rings (SSSR count). The Balaban J connectivity index is 0.00000128. The van der Waals surface area contributed by atoms with Crippen LogP contribution in [0, 0.1) is 6.92 Å². The third-order valence-corrected chi connectivity index (χ3v) is 15.8. The van der Waals surface area contributed by atoms with Gasteiger partial charge in [0, 0.05) is 0 Å². The number of halogens is 2. The van der Waals surface area contributed by atoms with Crippen molar-refractivity contribution in [2.45, 2.75) is 21.2 Å². The van der Waals surface area contributed by atoms with Crippen molar-refractivity contribution in [2.24, 2.45) is 0 Å². The second-order valence-corrected chi connectivity index (χ2v) is 14.4. The second-order valence-electron chi connectivity index (χ2n) is 7.72. The van der Waals surface area contributed by atoms with Gasteiger partial charge in [0.2, 0.25) is 0 Å². The van der Waals surface area contributed by atoms with Crippen LogP contribution < -0.4 is 30.1 Å². The van der Waals surface area contributed by atoms with E-state index >= 15 is 0 Å². The van der Waals surface area contributed by atoms with Gasteiger partial charge in [0.15, 0.2) is 0 Å². The molecule has 30 heavy (non-hydrogen) atoms. The van der Waals surface area contributed by atoms with Gasteiger partial charge in [-0.1, -0.05) is 0 Å². The third kappa shape index (κ3) is 4.46. The fourth-order valence-corrected chi connectivity index (χ4v) is 13.7. The number of fused-ring (bicyclic) bond motifs is 2. The Morgan fingerprint density at radius 2 is 1.23 bits per heavy atom. The Morgan fingerprint density at radius 3 is 1.93 bits per heavy atom. The molecule has 0 spiro atoms. The maximum Gasteiger partial charge on any atom is -1.00 e. The van der Waals surface area contributed by atoms with Gasteiger partial charge >= 0.3 is 182 Å². The average Bonchev–Trinajstić information content (AvgIpc) is 3.21. The van der Waals surface area contributed by atoms with Crippen molar-refractivity contribution in [3.05, 3.63) is 112 Å². The van der Waals surface area contributed by atoms with E-state index in [9.17, 15) is 0 Å². The summed E-state index contributed by atoms with van der Waals surface area (Å²) in [5.41, 5.74) is 9.12. The monoisotopic (exact) mass is 616 g/mol. The number of benzene rings is 3. The van der Waals surface area contributed by atoms with Crippen molar-refractivity contribution in [1.29, 1.82) is 0 Å². The molecule has 2 aliphatic rings. The zero-order valence-electron chi connectivity index (χ0n) is 17.0. The molecule has 0 amide bonds. The van der Waals surface area contributed by atoms with Crippen molar-refractivity contribution >= 4 is 26.0 Å². The van der Waals surface area contributed by atoms with E-state index in [1.165, 1.54) is 22.0 Å². The molecule has 2 aliphatic carbocycles. The molecule has 0 aliphatic heterocycles. The van der Waals surface area contributed by atoms with Crippen molar-refractivity contribution in [1.82, 2.24) is 0 Å². The van der Waals surface area contributed by atoms with Crippen LogP contribution in [0.25, 0.3) is 12.2 Å². The molecule has 3 aromatic carbocycles. The van der Waals surface area contributed by atoms with Crippen molar-refractivity contribution in [2.75, 3.05) is 0 Å². The Labute approximate surface area is 205 Å². The molecule has 0 heterocycles. The predicted octanol–water partition coefficient (Wildman–Crippen LogP) is 0.643. The normalized spacial score (nSPS) is 18.6. The summed E-state index contributed by atoms with van der Waals surface area (Å²) in [6, 6.07) is 27.1. The van der Waals surface area contributed by atoms with E-state index < -0.39 is 22.9 Å². The van der Waals surface area contributed by atoms with Crippen LogP contribution in [-0.2, 0) is 22.9 Å². The molecular weight excluding hydrogens is 593 g/mol. The largest absolute Gasteiger partial charge is 1.00 e. The molecule has 0 N–H and O–H groups in total. The number of aryl methyl sites for hydroxylation is 1.